The van der Waals surface area contributed by atoms with Crippen LogP contribution in [0.4, 0.5) is 0 Å². The van der Waals surface area contributed by atoms with Gasteiger partial charge in [0.2, 0.25) is 0 Å². The maximum atomic E-state index is 11.7. The van der Waals surface area contributed by atoms with Gasteiger partial charge in [-0.15, -0.1) is 11.8 Å². The maximum absolute atomic E-state index is 11.7. The molecule has 0 aliphatic heterocycles. The average Bonchev–Trinajstić information content (AvgIpc) is 2.89. The molecule has 0 N–H and O–H groups in total. The van der Waals surface area contributed by atoms with Gasteiger partial charge < -0.3 is 4.57 Å². The van der Waals surface area contributed by atoms with Gasteiger partial charge in [-0.1, -0.05) is 0 Å². The van der Waals surface area contributed by atoms with E-state index in [4.69, 9.17) is 0 Å². The molecule has 1 aromatic heterocycles. The van der Waals surface area contributed by atoms with Gasteiger partial charge in [0.05, 0.1) is 10.7 Å². The SMILES string of the molecule is CSc1ccc(C(=O)C2CC2)n1C. The van der Waals surface area contributed by atoms with E-state index in [9.17, 15) is 4.79 Å². The van der Waals surface area contributed by atoms with Gasteiger partial charge in [0.15, 0.2) is 5.78 Å². The zero-order valence-electron chi connectivity index (χ0n) is 7.91. The molecule has 3 heteroatoms. The van der Waals surface area contributed by atoms with Gasteiger partial charge >= 0.3 is 0 Å². The van der Waals surface area contributed by atoms with Crippen LogP contribution in [0.1, 0.15) is 23.3 Å². The molecule has 0 spiro atoms. The second-order valence-corrected chi connectivity index (χ2v) is 4.29. The van der Waals surface area contributed by atoms with Crippen LogP contribution in [0.3, 0.4) is 0 Å². The first-order chi connectivity index (χ1) is 6.24. The van der Waals surface area contributed by atoms with Gasteiger partial charge in [0.1, 0.15) is 0 Å². The molecule has 0 bridgehead atoms. The molecule has 1 fully saturated rings. The lowest BCUT2D eigenvalue weighted by atomic mass is 10.2. The number of carbonyl (C=O) groups is 1. The van der Waals surface area contributed by atoms with Crippen LogP contribution in [-0.2, 0) is 7.05 Å². The lowest BCUT2D eigenvalue weighted by Gasteiger charge is -2.03. The Balaban J connectivity index is 2.28. The number of hydrogen-bond acceptors (Lipinski definition) is 2. The number of Topliss-reactive ketones (excluding diaryl/α,β-unsaturated/α-hetero) is 1. The van der Waals surface area contributed by atoms with Crippen LogP contribution in [0.25, 0.3) is 0 Å². The van der Waals surface area contributed by atoms with Crippen molar-refractivity contribution in [3.05, 3.63) is 17.8 Å². The van der Waals surface area contributed by atoms with E-state index in [1.807, 2.05) is 30.0 Å². The first-order valence-electron chi connectivity index (χ1n) is 4.48. The number of nitrogens with zero attached hydrogens (tertiary/aromatic N) is 1. The molecule has 1 aromatic rings. The first-order valence-corrected chi connectivity index (χ1v) is 5.70. The highest BCUT2D eigenvalue weighted by Gasteiger charge is 2.31. The molecule has 0 saturated heterocycles. The Morgan fingerprint density at radius 3 is 2.69 bits per heavy atom. The molecule has 1 aliphatic rings. The number of ketones is 1. The summed E-state index contributed by atoms with van der Waals surface area (Å²) in [4.78, 5) is 11.7. The third-order valence-electron chi connectivity index (χ3n) is 2.49. The molecule has 0 aromatic carbocycles. The fourth-order valence-corrected chi connectivity index (χ4v) is 2.08. The Morgan fingerprint density at radius 1 is 1.54 bits per heavy atom. The Morgan fingerprint density at radius 2 is 2.23 bits per heavy atom. The van der Waals surface area contributed by atoms with Crippen molar-refractivity contribution < 1.29 is 4.79 Å². The summed E-state index contributed by atoms with van der Waals surface area (Å²) in [6.45, 7) is 0. The molecular formula is C10H13NOS. The van der Waals surface area contributed by atoms with Crippen molar-refractivity contribution in [1.82, 2.24) is 4.57 Å². The van der Waals surface area contributed by atoms with Crippen LogP contribution in [0, 0.1) is 5.92 Å². The topological polar surface area (TPSA) is 22.0 Å². The molecular weight excluding hydrogens is 182 g/mol. The van der Waals surface area contributed by atoms with Gasteiger partial charge in [0, 0.05) is 13.0 Å². The number of hydrogen-bond donors (Lipinski definition) is 0. The predicted molar refractivity (Wildman–Crippen MR) is 54.2 cm³/mol. The van der Waals surface area contributed by atoms with E-state index in [1.54, 1.807) is 11.8 Å². The molecule has 13 heavy (non-hydrogen) atoms. The smallest absolute Gasteiger partial charge is 0.182 e. The third kappa shape index (κ3) is 1.53. The van der Waals surface area contributed by atoms with Crippen molar-refractivity contribution in [2.24, 2.45) is 13.0 Å². The highest BCUT2D eigenvalue weighted by Crippen LogP contribution is 2.33. The second-order valence-electron chi connectivity index (χ2n) is 3.46. The minimum Gasteiger partial charge on any atom is -0.336 e. The Labute approximate surface area is 82.3 Å². The molecule has 0 unspecified atom stereocenters. The van der Waals surface area contributed by atoms with Crippen LogP contribution in [0.2, 0.25) is 0 Å². The van der Waals surface area contributed by atoms with E-state index in [1.165, 1.54) is 0 Å². The van der Waals surface area contributed by atoms with E-state index >= 15 is 0 Å². The number of aromatic nitrogens is 1. The lowest BCUT2D eigenvalue weighted by molar-refractivity contribution is 0.0959. The van der Waals surface area contributed by atoms with Crippen molar-refractivity contribution in [3.8, 4) is 0 Å². The highest BCUT2D eigenvalue weighted by molar-refractivity contribution is 7.98. The number of thioether (sulfide) groups is 1. The van der Waals surface area contributed by atoms with Gasteiger partial charge in [-0.2, -0.15) is 0 Å². The fraction of sp³-hybridized carbons (Fsp3) is 0.500. The molecule has 2 nitrogen and oxygen atoms in total. The summed E-state index contributed by atoms with van der Waals surface area (Å²) < 4.78 is 1.99. The van der Waals surface area contributed by atoms with E-state index < -0.39 is 0 Å². The summed E-state index contributed by atoms with van der Waals surface area (Å²) in [7, 11) is 1.96. The summed E-state index contributed by atoms with van der Waals surface area (Å²) in [5.74, 6) is 0.645. The lowest BCUT2D eigenvalue weighted by Crippen LogP contribution is -2.07. The molecule has 1 heterocycles. The Bertz CT molecular complexity index is 339. The van der Waals surface area contributed by atoms with Crippen LogP contribution in [0.5, 0.6) is 0 Å². The first kappa shape index (κ1) is 8.88. The van der Waals surface area contributed by atoms with Gasteiger partial charge in [-0.05, 0) is 31.2 Å². The van der Waals surface area contributed by atoms with Crippen molar-refractivity contribution in [3.63, 3.8) is 0 Å². The van der Waals surface area contributed by atoms with Crippen LogP contribution in [-0.4, -0.2) is 16.6 Å². The molecule has 1 saturated carbocycles. The molecule has 2 rings (SSSR count). The Kier molecular flexibility index (Phi) is 2.20. The monoisotopic (exact) mass is 195 g/mol. The van der Waals surface area contributed by atoms with Gasteiger partial charge in [-0.3, -0.25) is 4.79 Å². The largest absolute Gasteiger partial charge is 0.336 e. The minimum absolute atomic E-state index is 0.322. The van der Waals surface area contributed by atoms with Crippen molar-refractivity contribution in [1.29, 1.82) is 0 Å². The average molecular weight is 195 g/mol. The van der Waals surface area contributed by atoms with Crippen molar-refractivity contribution >= 4 is 17.5 Å². The van der Waals surface area contributed by atoms with Crippen molar-refractivity contribution in [2.45, 2.75) is 17.9 Å². The van der Waals surface area contributed by atoms with Gasteiger partial charge in [0.25, 0.3) is 0 Å². The predicted octanol–water partition coefficient (Wildman–Crippen LogP) is 2.34. The van der Waals surface area contributed by atoms with Crippen LogP contribution in [0.15, 0.2) is 17.2 Å². The standard InChI is InChI=1S/C10H13NOS/c1-11-8(5-6-9(11)13-2)10(12)7-3-4-7/h5-7H,3-4H2,1-2H3. The molecule has 0 radical (unpaired) electrons. The third-order valence-corrected chi connectivity index (χ3v) is 3.31. The molecule has 0 atom stereocenters. The minimum atomic E-state index is 0.322. The van der Waals surface area contributed by atoms with E-state index in [0.29, 0.717) is 11.7 Å². The fourth-order valence-electron chi connectivity index (χ4n) is 1.50. The highest BCUT2D eigenvalue weighted by atomic mass is 32.2. The summed E-state index contributed by atoms with van der Waals surface area (Å²) in [6, 6.07) is 3.95. The summed E-state index contributed by atoms with van der Waals surface area (Å²) in [5, 5.41) is 1.16. The normalized spacial score (nSPS) is 16.2. The van der Waals surface area contributed by atoms with Crippen LogP contribution >= 0.6 is 11.8 Å². The zero-order chi connectivity index (χ0) is 9.42. The number of carbonyl (C=O) groups excluding carboxylic acids is 1. The number of rotatable bonds is 3. The van der Waals surface area contributed by atoms with E-state index in [-0.39, 0.29) is 0 Å². The molecule has 1 aliphatic carbocycles. The molecule has 0 amide bonds. The van der Waals surface area contributed by atoms with E-state index in [0.717, 1.165) is 23.6 Å². The van der Waals surface area contributed by atoms with Gasteiger partial charge in [-0.25, -0.2) is 0 Å². The second kappa shape index (κ2) is 3.22. The molecule has 70 valence electrons. The van der Waals surface area contributed by atoms with Crippen molar-refractivity contribution in [2.75, 3.05) is 6.26 Å². The quantitative estimate of drug-likeness (QED) is 0.545. The Hall–Kier alpha value is -0.700. The maximum Gasteiger partial charge on any atom is 0.182 e. The summed E-state index contributed by atoms with van der Waals surface area (Å²) >= 11 is 1.68. The summed E-state index contributed by atoms with van der Waals surface area (Å²) in [6.07, 6.45) is 4.19. The summed E-state index contributed by atoms with van der Waals surface area (Å²) in [5.41, 5.74) is 0.867. The zero-order valence-corrected chi connectivity index (χ0v) is 8.73. The van der Waals surface area contributed by atoms with E-state index in [2.05, 4.69) is 0 Å². The van der Waals surface area contributed by atoms with Crippen LogP contribution < -0.4 is 0 Å².